The van der Waals surface area contributed by atoms with Crippen LogP contribution in [0.4, 0.5) is 4.39 Å². The van der Waals surface area contributed by atoms with Crippen LogP contribution in [0.15, 0.2) is 91.0 Å². The van der Waals surface area contributed by atoms with Crippen LogP contribution in [0, 0.1) is 29.5 Å². The molecule has 3 rings (SSSR count). The Balaban J connectivity index is 1.70. The van der Waals surface area contributed by atoms with Crippen molar-refractivity contribution in [3.63, 3.8) is 0 Å². The number of esters is 2. The summed E-state index contributed by atoms with van der Waals surface area (Å²) in [7, 11) is 0. The van der Waals surface area contributed by atoms with E-state index in [1.54, 1.807) is 74.5 Å². The Bertz CT molecular complexity index is 1440. The molecule has 0 saturated carbocycles. The van der Waals surface area contributed by atoms with Gasteiger partial charge in [-0.15, -0.1) is 0 Å². The minimum absolute atomic E-state index is 0.212. The molecule has 0 saturated heterocycles. The van der Waals surface area contributed by atoms with Gasteiger partial charge < -0.3 is 9.47 Å². The lowest BCUT2D eigenvalue weighted by molar-refractivity contribution is -0.130. The molecule has 0 heterocycles. The number of carbonyl (C=O) groups excluding carboxylic acids is 2. The first-order valence-corrected chi connectivity index (χ1v) is 10.5. The average Bonchev–Trinajstić information content (AvgIpc) is 2.83. The van der Waals surface area contributed by atoms with Crippen molar-refractivity contribution in [3.8, 4) is 35.2 Å². The summed E-state index contributed by atoms with van der Waals surface area (Å²) in [5.74, 6) is 10.7. The van der Waals surface area contributed by atoms with Crippen molar-refractivity contribution in [2.45, 2.75) is 13.8 Å². The molecule has 3 aromatic carbocycles. The van der Waals surface area contributed by atoms with E-state index in [2.05, 4.69) is 36.8 Å². The highest BCUT2D eigenvalue weighted by Crippen LogP contribution is 2.16. The molecule has 0 aromatic heterocycles. The Kier molecular flexibility index (Phi) is 8.01. The Labute approximate surface area is 203 Å². The van der Waals surface area contributed by atoms with Crippen molar-refractivity contribution in [2.75, 3.05) is 0 Å². The molecule has 0 radical (unpaired) electrons. The molecule has 0 spiro atoms. The summed E-state index contributed by atoms with van der Waals surface area (Å²) >= 11 is 0. The van der Waals surface area contributed by atoms with Crippen molar-refractivity contribution in [3.05, 3.63) is 119 Å². The lowest BCUT2D eigenvalue weighted by Crippen LogP contribution is -2.08. The highest BCUT2D eigenvalue weighted by atomic mass is 19.1. The zero-order chi connectivity index (χ0) is 25.4. The molecular weight excluding hydrogens is 443 g/mol. The number of hydrogen-bond donors (Lipinski definition) is 0. The predicted molar refractivity (Wildman–Crippen MR) is 132 cm³/mol. The van der Waals surface area contributed by atoms with Gasteiger partial charge in [0, 0.05) is 27.8 Å². The summed E-state index contributed by atoms with van der Waals surface area (Å²) < 4.78 is 24.9. The number of rotatable bonds is 4. The molecule has 0 N–H and O–H groups in total. The van der Waals surface area contributed by atoms with E-state index in [1.165, 1.54) is 6.07 Å². The third-order valence-electron chi connectivity index (χ3n) is 4.47. The molecule has 0 bridgehead atoms. The first-order chi connectivity index (χ1) is 16.7. The lowest BCUT2D eigenvalue weighted by atomic mass is 10.1. The first-order valence-electron chi connectivity index (χ1n) is 10.5. The van der Waals surface area contributed by atoms with Crippen LogP contribution in [0.2, 0.25) is 0 Å². The van der Waals surface area contributed by atoms with Gasteiger partial charge in [0.25, 0.3) is 0 Å². The summed E-state index contributed by atoms with van der Waals surface area (Å²) in [6, 6.07) is 17.8. The standard InChI is InChI=1S/C30H21FO4/c1-20(2)29(32)34-26-16-12-22(13-17-26)8-9-24-11-15-25(28(31)19-24)14-10-23-6-5-7-27(18-23)35-30(33)21(3)4/h5-7,11-13,15-19H,1,3H2,2,4H3. The first kappa shape index (κ1) is 24.8. The number of halogens is 1. The quantitative estimate of drug-likeness (QED) is 0.219. The second-order valence-electron chi connectivity index (χ2n) is 7.59. The summed E-state index contributed by atoms with van der Waals surface area (Å²) in [5.41, 5.74) is 2.53. The zero-order valence-corrected chi connectivity index (χ0v) is 19.3. The van der Waals surface area contributed by atoms with Crippen molar-refractivity contribution in [2.24, 2.45) is 0 Å². The molecule has 0 aliphatic carbocycles. The smallest absolute Gasteiger partial charge is 0.338 e. The fourth-order valence-electron chi connectivity index (χ4n) is 2.61. The molecule has 0 unspecified atom stereocenters. The number of carbonyl (C=O) groups is 2. The number of hydrogen-bond acceptors (Lipinski definition) is 4. The van der Waals surface area contributed by atoms with E-state index in [1.807, 2.05) is 0 Å². The second-order valence-corrected chi connectivity index (χ2v) is 7.59. The van der Waals surface area contributed by atoms with Gasteiger partial charge in [-0.05, 0) is 74.5 Å². The maximum atomic E-state index is 14.6. The highest BCUT2D eigenvalue weighted by Gasteiger charge is 2.06. The predicted octanol–water partition coefficient (Wildman–Crippen LogP) is 5.59. The molecule has 0 aliphatic heterocycles. The van der Waals surface area contributed by atoms with E-state index < -0.39 is 17.8 Å². The van der Waals surface area contributed by atoms with E-state index in [0.717, 1.165) is 0 Å². The summed E-state index contributed by atoms with van der Waals surface area (Å²) in [4.78, 5) is 23.2. The Morgan fingerprint density at radius 3 is 1.86 bits per heavy atom. The zero-order valence-electron chi connectivity index (χ0n) is 19.3. The van der Waals surface area contributed by atoms with Gasteiger partial charge in [0.2, 0.25) is 0 Å². The Morgan fingerprint density at radius 1 is 0.686 bits per heavy atom. The van der Waals surface area contributed by atoms with Gasteiger partial charge in [0.15, 0.2) is 0 Å². The van der Waals surface area contributed by atoms with Crippen LogP contribution in [-0.2, 0) is 9.59 Å². The van der Waals surface area contributed by atoms with Gasteiger partial charge in [-0.25, -0.2) is 14.0 Å². The van der Waals surface area contributed by atoms with Crippen LogP contribution in [0.3, 0.4) is 0 Å². The van der Waals surface area contributed by atoms with Gasteiger partial charge in [-0.2, -0.15) is 0 Å². The second kappa shape index (κ2) is 11.3. The van der Waals surface area contributed by atoms with Crippen LogP contribution in [0.5, 0.6) is 11.5 Å². The average molecular weight is 464 g/mol. The molecular formula is C30H21FO4. The minimum atomic E-state index is -0.528. The normalized spacial score (nSPS) is 9.57. The van der Waals surface area contributed by atoms with E-state index in [9.17, 15) is 14.0 Å². The molecule has 5 heteroatoms. The summed E-state index contributed by atoms with van der Waals surface area (Å²) in [5, 5.41) is 0. The largest absolute Gasteiger partial charge is 0.423 e. The van der Waals surface area contributed by atoms with Crippen LogP contribution < -0.4 is 9.47 Å². The van der Waals surface area contributed by atoms with E-state index in [4.69, 9.17) is 9.47 Å². The van der Waals surface area contributed by atoms with E-state index in [0.29, 0.717) is 33.8 Å². The van der Waals surface area contributed by atoms with Crippen LogP contribution in [0.25, 0.3) is 0 Å². The van der Waals surface area contributed by atoms with Gasteiger partial charge in [-0.1, -0.05) is 42.9 Å². The summed E-state index contributed by atoms with van der Waals surface area (Å²) in [6.45, 7) is 10.2. The maximum absolute atomic E-state index is 14.6. The summed E-state index contributed by atoms with van der Waals surface area (Å²) in [6.07, 6.45) is 0. The fourth-order valence-corrected chi connectivity index (χ4v) is 2.61. The third-order valence-corrected chi connectivity index (χ3v) is 4.47. The third kappa shape index (κ3) is 7.32. The Hall–Kier alpha value is -4.87. The Morgan fingerprint density at radius 2 is 1.23 bits per heavy atom. The minimum Gasteiger partial charge on any atom is -0.423 e. The lowest BCUT2D eigenvalue weighted by Gasteiger charge is -2.03. The molecule has 0 atom stereocenters. The molecule has 0 amide bonds. The number of ether oxygens (including phenoxy) is 2. The molecule has 172 valence electrons. The molecule has 0 aliphatic rings. The van der Waals surface area contributed by atoms with E-state index >= 15 is 0 Å². The van der Waals surface area contributed by atoms with Crippen LogP contribution in [0.1, 0.15) is 36.1 Å². The molecule has 4 nitrogen and oxygen atoms in total. The number of benzene rings is 3. The fraction of sp³-hybridized carbons (Fsp3) is 0.0667. The van der Waals surface area contributed by atoms with Crippen molar-refractivity contribution in [1.29, 1.82) is 0 Å². The molecule has 3 aromatic rings. The monoisotopic (exact) mass is 464 g/mol. The SMILES string of the molecule is C=C(C)C(=O)Oc1ccc(C#Cc2ccc(C#Cc3cccc(OC(=O)C(=C)C)c3)c(F)c2)cc1. The maximum Gasteiger partial charge on any atom is 0.338 e. The van der Waals surface area contributed by atoms with Crippen LogP contribution in [-0.4, -0.2) is 11.9 Å². The molecule has 0 fully saturated rings. The van der Waals surface area contributed by atoms with Gasteiger partial charge in [0.1, 0.15) is 17.3 Å². The molecule has 35 heavy (non-hydrogen) atoms. The van der Waals surface area contributed by atoms with Gasteiger partial charge >= 0.3 is 11.9 Å². The van der Waals surface area contributed by atoms with Crippen LogP contribution >= 0.6 is 0 Å². The van der Waals surface area contributed by atoms with Gasteiger partial charge in [-0.3, -0.25) is 0 Å². The van der Waals surface area contributed by atoms with Crippen molar-refractivity contribution in [1.82, 2.24) is 0 Å². The highest BCUT2D eigenvalue weighted by molar-refractivity contribution is 5.89. The van der Waals surface area contributed by atoms with Gasteiger partial charge in [0.05, 0.1) is 5.56 Å². The van der Waals surface area contributed by atoms with Crippen molar-refractivity contribution >= 4 is 11.9 Å². The van der Waals surface area contributed by atoms with Crippen molar-refractivity contribution < 1.29 is 23.5 Å². The van der Waals surface area contributed by atoms with E-state index in [-0.39, 0.29) is 11.1 Å². The topological polar surface area (TPSA) is 52.6 Å².